The summed E-state index contributed by atoms with van der Waals surface area (Å²) in [6.45, 7) is 4.91. The normalized spacial score (nSPS) is 18.9. The summed E-state index contributed by atoms with van der Waals surface area (Å²) in [6.07, 6.45) is 2.73. The highest BCUT2D eigenvalue weighted by Crippen LogP contribution is 2.32. The van der Waals surface area contributed by atoms with E-state index in [0.717, 1.165) is 23.9 Å². The fourth-order valence-electron chi connectivity index (χ4n) is 1.43. The lowest BCUT2D eigenvalue weighted by molar-refractivity contribution is 0.299. The van der Waals surface area contributed by atoms with Gasteiger partial charge in [-0.2, -0.15) is 0 Å². The first kappa shape index (κ1) is 8.69. The van der Waals surface area contributed by atoms with Crippen molar-refractivity contribution >= 4 is 0 Å². The molecule has 0 radical (unpaired) electrons. The second-order valence-electron chi connectivity index (χ2n) is 3.80. The molecule has 0 bridgehead atoms. The van der Waals surface area contributed by atoms with Gasteiger partial charge in [-0.3, -0.25) is 0 Å². The Hall–Kier alpha value is -0.900. The molecule has 0 amide bonds. The maximum atomic E-state index is 4.61. The molecule has 72 valence electrons. The highest BCUT2D eigenvalue weighted by molar-refractivity contribution is 5.04. The number of aromatic nitrogens is 2. The van der Waals surface area contributed by atoms with E-state index in [1.165, 1.54) is 12.8 Å². The van der Waals surface area contributed by atoms with E-state index in [2.05, 4.69) is 27.2 Å². The summed E-state index contributed by atoms with van der Waals surface area (Å²) in [5.41, 5.74) is 1.81. The van der Waals surface area contributed by atoms with Crippen LogP contribution in [0.3, 0.4) is 0 Å². The van der Waals surface area contributed by atoms with Crippen molar-refractivity contribution in [2.75, 3.05) is 0 Å². The lowest BCUT2D eigenvalue weighted by Crippen LogP contribution is -2.27. The van der Waals surface area contributed by atoms with Crippen LogP contribution in [0.25, 0.3) is 0 Å². The van der Waals surface area contributed by atoms with Gasteiger partial charge in [0.25, 0.3) is 0 Å². The molecule has 1 aliphatic rings. The first-order valence-electron chi connectivity index (χ1n) is 4.79. The van der Waals surface area contributed by atoms with Crippen LogP contribution in [-0.2, 0) is 6.54 Å². The van der Waals surface area contributed by atoms with Crippen LogP contribution in [0.2, 0.25) is 0 Å². The molecule has 2 rings (SSSR count). The van der Waals surface area contributed by atoms with E-state index in [1.807, 2.05) is 6.92 Å². The molecule has 1 aromatic rings. The van der Waals surface area contributed by atoms with Crippen LogP contribution in [-0.4, -0.2) is 16.4 Å². The quantitative estimate of drug-likeness (QED) is 0.760. The molecule has 1 atom stereocenters. The standard InChI is InChI=1S/C9H15N3O/c1-6(8-3-4-8)10-5-9-7(2)11-13-12-9/h6,8,10H,3-5H2,1-2H3. The Balaban J connectivity index is 1.81. The van der Waals surface area contributed by atoms with E-state index in [4.69, 9.17) is 0 Å². The van der Waals surface area contributed by atoms with E-state index < -0.39 is 0 Å². The summed E-state index contributed by atoms with van der Waals surface area (Å²) >= 11 is 0. The molecule has 4 heteroatoms. The van der Waals surface area contributed by atoms with Gasteiger partial charge >= 0.3 is 0 Å². The van der Waals surface area contributed by atoms with Crippen LogP contribution in [0.1, 0.15) is 31.2 Å². The minimum atomic E-state index is 0.594. The third-order valence-electron chi connectivity index (χ3n) is 2.67. The smallest absolute Gasteiger partial charge is 0.121 e. The lowest BCUT2D eigenvalue weighted by atomic mass is 10.2. The molecule has 0 saturated heterocycles. The summed E-state index contributed by atoms with van der Waals surface area (Å²) < 4.78 is 4.61. The van der Waals surface area contributed by atoms with Gasteiger partial charge in [0.15, 0.2) is 0 Å². The maximum Gasteiger partial charge on any atom is 0.121 e. The number of aryl methyl sites for hydroxylation is 1. The second-order valence-corrected chi connectivity index (χ2v) is 3.80. The van der Waals surface area contributed by atoms with Crippen molar-refractivity contribution < 1.29 is 4.63 Å². The van der Waals surface area contributed by atoms with E-state index in [-0.39, 0.29) is 0 Å². The fourth-order valence-corrected chi connectivity index (χ4v) is 1.43. The molecular weight excluding hydrogens is 166 g/mol. The van der Waals surface area contributed by atoms with Gasteiger partial charge in [-0.15, -0.1) is 0 Å². The maximum absolute atomic E-state index is 4.61. The molecule has 0 spiro atoms. The third kappa shape index (κ3) is 2.06. The van der Waals surface area contributed by atoms with E-state index in [1.54, 1.807) is 0 Å². The van der Waals surface area contributed by atoms with Crippen molar-refractivity contribution in [2.24, 2.45) is 5.92 Å². The SMILES string of the molecule is Cc1nonc1CNC(C)C1CC1. The average Bonchev–Trinajstić information content (AvgIpc) is 2.88. The van der Waals surface area contributed by atoms with E-state index in [9.17, 15) is 0 Å². The topological polar surface area (TPSA) is 51.0 Å². The average molecular weight is 181 g/mol. The van der Waals surface area contributed by atoms with Gasteiger partial charge in [0.1, 0.15) is 11.4 Å². The Morgan fingerprint density at radius 2 is 2.31 bits per heavy atom. The summed E-state index contributed by atoms with van der Waals surface area (Å²) in [5.74, 6) is 0.875. The fraction of sp³-hybridized carbons (Fsp3) is 0.778. The zero-order chi connectivity index (χ0) is 9.26. The predicted octanol–water partition coefficient (Wildman–Crippen LogP) is 1.27. The van der Waals surface area contributed by atoms with Crippen molar-refractivity contribution in [3.8, 4) is 0 Å². The monoisotopic (exact) mass is 181 g/mol. The molecule has 1 heterocycles. The molecule has 13 heavy (non-hydrogen) atoms. The minimum absolute atomic E-state index is 0.594. The first-order chi connectivity index (χ1) is 6.27. The van der Waals surface area contributed by atoms with E-state index in [0.29, 0.717) is 6.04 Å². The molecule has 1 aliphatic carbocycles. The third-order valence-corrected chi connectivity index (χ3v) is 2.67. The molecule has 0 aromatic carbocycles. The molecular formula is C9H15N3O. The van der Waals surface area contributed by atoms with Crippen molar-refractivity contribution in [2.45, 2.75) is 39.3 Å². The van der Waals surface area contributed by atoms with Crippen molar-refractivity contribution in [1.29, 1.82) is 0 Å². The molecule has 1 unspecified atom stereocenters. The molecule has 1 fully saturated rings. The van der Waals surface area contributed by atoms with Crippen molar-refractivity contribution in [3.05, 3.63) is 11.4 Å². The largest absolute Gasteiger partial charge is 0.308 e. The van der Waals surface area contributed by atoms with Crippen LogP contribution in [0.5, 0.6) is 0 Å². The van der Waals surface area contributed by atoms with Crippen LogP contribution in [0, 0.1) is 12.8 Å². The number of rotatable bonds is 4. The van der Waals surface area contributed by atoms with Gasteiger partial charge in [-0.25, -0.2) is 4.63 Å². The molecule has 0 aliphatic heterocycles. The van der Waals surface area contributed by atoms with Crippen molar-refractivity contribution in [1.82, 2.24) is 15.6 Å². The van der Waals surface area contributed by atoms with Gasteiger partial charge in [0, 0.05) is 12.6 Å². The number of nitrogens with zero attached hydrogens (tertiary/aromatic N) is 2. The molecule has 1 aromatic heterocycles. The number of hydrogen-bond acceptors (Lipinski definition) is 4. The second kappa shape index (κ2) is 3.46. The summed E-state index contributed by atoms with van der Waals surface area (Å²) in [4.78, 5) is 0. The van der Waals surface area contributed by atoms with Gasteiger partial charge in [-0.1, -0.05) is 10.3 Å². The number of hydrogen-bond donors (Lipinski definition) is 1. The summed E-state index contributed by atoms with van der Waals surface area (Å²) in [5, 5.41) is 11.0. The Morgan fingerprint density at radius 3 is 2.85 bits per heavy atom. The Bertz CT molecular complexity index is 280. The van der Waals surface area contributed by atoms with Crippen LogP contribution < -0.4 is 5.32 Å². The first-order valence-corrected chi connectivity index (χ1v) is 4.79. The van der Waals surface area contributed by atoms with E-state index >= 15 is 0 Å². The lowest BCUT2D eigenvalue weighted by Gasteiger charge is -2.10. The molecule has 1 saturated carbocycles. The van der Waals surface area contributed by atoms with Gasteiger partial charge in [0.2, 0.25) is 0 Å². The zero-order valence-corrected chi connectivity index (χ0v) is 8.08. The van der Waals surface area contributed by atoms with Gasteiger partial charge < -0.3 is 5.32 Å². The molecule has 4 nitrogen and oxygen atoms in total. The minimum Gasteiger partial charge on any atom is -0.308 e. The zero-order valence-electron chi connectivity index (χ0n) is 8.08. The summed E-state index contributed by atoms with van der Waals surface area (Å²) in [6, 6.07) is 0.594. The predicted molar refractivity (Wildman–Crippen MR) is 48.1 cm³/mol. The molecule has 1 N–H and O–H groups in total. The highest BCUT2D eigenvalue weighted by atomic mass is 16.6. The summed E-state index contributed by atoms with van der Waals surface area (Å²) in [7, 11) is 0. The highest BCUT2D eigenvalue weighted by Gasteiger charge is 2.27. The Morgan fingerprint density at radius 1 is 1.54 bits per heavy atom. The van der Waals surface area contributed by atoms with Gasteiger partial charge in [0.05, 0.1) is 0 Å². The van der Waals surface area contributed by atoms with Gasteiger partial charge in [-0.05, 0) is 32.6 Å². The Kier molecular flexibility index (Phi) is 2.31. The van der Waals surface area contributed by atoms with Crippen LogP contribution in [0.15, 0.2) is 4.63 Å². The Labute approximate surface area is 77.7 Å². The van der Waals surface area contributed by atoms with Crippen LogP contribution >= 0.6 is 0 Å². The van der Waals surface area contributed by atoms with Crippen LogP contribution in [0.4, 0.5) is 0 Å². The van der Waals surface area contributed by atoms with Crippen molar-refractivity contribution in [3.63, 3.8) is 0 Å². The number of nitrogens with one attached hydrogen (secondary N) is 1.